The first kappa shape index (κ1) is 12.9. The molecule has 2 aliphatic carbocycles. The van der Waals surface area contributed by atoms with Gasteiger partial charge in [0.1, 0.15) is 5.82 Å². The zero-order valence-corrected chi connectivity index (χ0v) is 10.8. The van der Waals surface area contributed by atoms with Crippen LogP contribution < -0.4 is 11.1 Å². The number of fused-ring (bicyclic) bond motifs is 1. The van der Waals surface area contributed by atoms with Crippen molar-refractivity contribution in [2.24, 2.45) is 28.6 Å². The van der Waals surface area contributed by atoms with Gasteiger partial charge in [0.2, 0.25) is 5.91 Å². The third kappa shape index (κ3) is 2.11. The Hall–Kier alpha value is -2.11. The molecule has 0 heterocycles. The van der Waals surface area contributed by atoms with E-state index in [0.29, 0.717) is 17.5 Å². The Morgan fingerprint density at radius 1 is 1.40 bits per heavy atom. The Morgan fingerprint density at radius 3 is 2.75 bits per heavy atom. The highest BCUT2D eigenvalue weighted by Crippen LogP contribution is 2.57. The molecule has 2 unspecified atom stereocenters. The molecule has 106 valence electrons. The van der Waals surface area contributed by atoms with Crippen LogP contribution in [-0.4, -0.2) is 17.0 Å². The zero-order chi connectivity index (χ0) is 14.3. The van der Waals surface area contributed by atoms with Crippen molar-refractivity contribution < 1.29 is 14.4 Å². The van der Waals surface area contributed by atoms with Crippen LogP contribution in [0.5, 0.6) is 0 Å². The van der Waals surface area contributed by atoms with Crippen LogP contribution in [0.1, 0.15) is 24.8 Å². The van der Waals surface area contributed by atoms with E-state index in [1.165, 1.54) is 24.6 Å². The van der Waals surface area contributed by atoms with E-state index in [2.05, 4.69) is 10.5 Å². The number of amidine groups is 1. The van der Waals surface area contributed by atoms with Crippen LogP contribution in [-0.2, 0) is 4.79 Å². The van der Waals surface area contributed by atoms with Crippen LogP contribution in [0.4, 0.5) is 10.1 Å². The smallest absolute Gasteiger partial charge is 0.228 e. The minimum atomic E-state index is -0.596. The molecule has 0 bridgehead atoms. The van der Waals surface area contributed by atoms with Crippen LogP contribution in [0.3, 0.4) is 0 Å². The Labute approximate surface area is 115 Å². The molecule has 0 spiro atoms. The monoisotopic (exact) mass is 277 g/mol. The summed E-state index contributed by atoms with van der Waals surface area (Å²) in [5.41, 5.74) is 5.82. The largest absolute Gasteiger partial charge is 0.409 e. The van der Waals surface area contributed by atoms with Crippen molar-refractivity contribution in [2.45, 2.75) is 19.3 Å². The molecule has 0 aromatic heterocycles. The lowest BCUT2D eigenvalue weighted by molar-refractivity contribution is -0.118. The molecule has 1 aromatic carbocycles. The third-order valence-electron chi connectivity index (χ3n) is 4.33. The van der Waals surface area contributed by atoms with E-state index in [0.717, 1.165) is 12.8 Å². The molecule has 3 rings (SSSR count). The molecule has 2 aliphatic rings. The number of carbonyl (C=O) groups is 1. The molecule has 2 atom stereocenters. The van der Waals surface area contributed by atoms with E-state index in [9.17, 15) is 9.18 Å². The molecule has 2 saturated carbocycles. The molecule has 0 radical (unpaired) electrons. The summed E-state index contributed by atoms with van der Waals surface area (Å²) in [6.07, 6.45) is 3.46. The van der Waals surface area contributed by atoms with Gasteiger partial charge in [-0.05, 0) is 42.9 Å². The van der Waals surface area contributed by atoms with Crippen LogP contribution >= 0.6 is 0 Å². The number of nitrogens with two attached hydrogens (primary N) is 1. The molecular formula is C14H16FN3O2. The van der Waals surface area contributed by atoms with Gasteiger partial charge in [-0.3, -0.25) is 4.79 Å². The van der Waals surface area contributed by atoms with Crippen molar-refractivity contribution in [3.05, 3.63) is 29.6 Å². The molecule has 4 N–H and O–H groups in total. The number of amides is 1. The highest BCUT2D eigenvalue weighted by molar-refractivity contribution is 6.00. The van der Waals surface area contributed by atoms with E-state index in [1.807, 2.05) is 0 Å². The quantitative estimate of drug-likeness (QED) is 0.341. The average Bonchev–Trinajstić information content (AvgIpc) is 2.94. The van der Waals surface area contributed by atoms with Crippen LogP contribution in [0.15, 0.2) is 23.4 Å². The SMILES string of the molecule is N/C(=N/O)c1cc(NC(=O)C2C3CCCC32)ccc1F. The van der Waals surface area contributed by atoms with Crippen LogP contribution in [0, 0.1) is 23.6 Å². The number of nitrogens with one attached hydrogen (secondary N) is 1. The van der Waals surface area contributed by atoms with Crippen molar-refractivity contribution in [1.29, 1.82) is 0 Å². The number of nitrogens with zero attached hydrogens (tertiary/aromatic N) is 1. The Morgan fingerprint density at radius 2 is 2.10 bits per heavy atom. The second kappa shape index (κ2) is 4.77. The first-order chi connectivity index (χ1) is 9.61. The first-order valence-electron chi connectivity index (χ1n) is 6.70. The standard InChI is InChI=1S/C14H16FN3O2/c15-11-5-4-7(6-10(11)13(16)18-20)17-14(19)12-8-2-1-3-9(8)12/h4-6,8-9,12,20H,1-3H2,(H2,16,18)(H,17,19). The highest BCUT2D eigenvalue weighted by Gasteiger charge is 2.56. The molecule has 2 fully saturated rings. The predicted octanol–water partition coefficient (Wildman–Crippen LogP) is 1.90. The average molecular weight is 277 g/mol. The van der Waals surface area contributed by atoms with Gasteiger partial charge in [0.05, 0.1) is 5.56 Å². The summed E-state index contributed by atoms with van der Waals surface area (Å²) in [5.74, 6) is 0.222. The van der Waals surface area contributed by atoms with Crippen molar-refractivity contribution in [1.82, 2.24) is 0 Å². The minimum absolute atomic E-state index is 0.0169. The highest BCUT2D eigenvalue weighted by atomic mass is 19.1. The Kier molecular flexibility index (Phi) is 3.08. The normalized spacial score (nSPS) is 28.1. The van der Waals surface area contributed by atoms with Crippen LogP contribution in [0.25, 0.3) is 0 Å². The fourth-order valence-corrected chi connectivity index (χ4v) is 3.29. The van der Waals surface area contributed by atoms with Crippen molar-refractivity contribution in [3.63, 3.8) is 0 Å². The molecular weight excluding hydrogens is 261 g/mol. The van der Waals surface area contributed by atoms with Gasteiger partial charge in [0.15, 0.2) is 5.84 Å². The lowest BCUT2D eigenvalue weighted by Crippen LogP contribution is -2.19. The summed E-state index contributed by atoms with van der Waals surface area (Å²) in [4.78, 5) is 12.1. The van der Waals surface area contributed by atoms with E-state index in [-0.39, 0.29) is 23.2 Å². The molecule has 5 nitrogen and oxygen atoms in total. The number of oxime groups is 1. The number of hydrogen-bond donors (Lipinski definition) is 3. The minimum Gasteiger partial charge on any atom is -0.409 e. The summed E-state index contributed by atoms with van der Waals surface area (Å²) in [6, 6.07) is 4.04. The van der Waals surface area contributed by atoms with E-state index < -0.39 is 5.82 Å². The maximum atomic E-state index is 13.5. The third-order valence-corrected chi connectivity index (χ3v) is 4.33. The van der Waals surface area contributed by atoms with Gasteiger partial charge in [-0.1, -0.05) is 11.6 Å². The maximum Gasteiger partial charge on any atom is 0.228 e. The predicted molar refractivity (Wildman–Crippen MR) is 71.9 cm³/mol. The van der Waals surface area contributed by atoms with Gasteiger partial charge < -0.3 is 16.3 Å². The molecule has 1 amide bonds. The number of halogens is 1. The van der Waals surface area contributed by atoms with Crippen molar-refractivity contribution >= 4 is 17.4 Å². The topological polar surface area (TPSA) is 87.7 Å². The molecule has 0 aliphatic heterocycles. The van der Waals surface area contributed by atoms with Gasteiger partial charge in [-0.25, -0.2) is 4.39 Å². The lowest BCUT2D eigenvalue weighted by atomic mass is 10.1. The van der Waals surface area contributed by atoms with E-state index >= 15 is 0 Å². The van der Waals surface area contributed by atoms with Crippen LogP contribution in [0.2, 0.25) is 0 Å². The number of benzene rings is 1. The lowest BCUT2D eigenvalue weighted by Gasteiger charge is -2.09. The number of rotatable bonds is 3. The molecule has 6 heteroatoms. The number of anilines is 1. The molecule has 0 saturated heterocycles. The number of hydrogen-bond acceptors (Lipinski definition) is 3. The Bertz CT molecular complexity index is 578. The zero-order valence-electron chi connectivity index (χ0n) is 10.8. The van der Waals surface area contributed by atoms with E-state index in [4.69, 9.17) is 10.9 Å². The van der Waals surface area contributed by atoms with E-state index in [1.54, 1.807) is 0 Å². The number of carbonyl (C=O) groups excluding carboxylic acids is 1. The van der Waals surface area contributed by atoms with Gasteiger partial charge in [0, 0.05) is 11.6 Å². The summed E-state index contributed by atoms with van der Waals surface area (Å²) >= 11 is 0. The second-order valence-electron chi connectivity index (χ2n) is 5.45. The van der Waals surface area contributed by atoms with Gasteiger partial charge in [0.25, 0.3) is 0 Å². The summed E-state index contributed by atoms with van der Waals surface area (Å²) in [6.45, 7) is 0. The summed E-state index contributed by atoms with van der Waals surface area (Å²) in [5, 5.41) is 14.2. The van der Waals surface area contributed by atoms with Crippen molar-refractivity contribution in [2.75, 3.05) is 5.32 Å². The fraction of sp³-hybridized carbons (Fsp3) is 0.429. The summed E-state index contributed by atoms with van der Waals surface area (Å²) < 4.78 is 13.5. The molecule has 20 heavy (non-hydrogen) atoms. The fourth-order valence-electron chi connectivity index (χ4n) is 3.29. The summed E-state index contributed by atoms with van der Waals surface area (Å²) in [7, 11) is 0. The van der Waals surface area contributed by atoms with Gasteiger partial charge in [-0.15, -0.1) is 0 Å². The van der Waals surface area contributed by atoms with Crippen molar-refractivity contribution in [3.8, 4) is 0 Å². The van der Waals surface area contributed by atoms with Gasteiger partial charge >= 0.3 is 0 Å². The molecule has 1 aromatic rings. The first-order valence-corrected chi connectivity index (χ1v) is 6.70. The maximum absolute atomic E-state index is 13.5. The second-order valence-corrected chi connectivity index (χ2v) is 5.45. The van der Waals surface area contributed by atoms with Gasteiger partial charge in [-0.2, -0.15) is 0 Å². The Balaban J connectivity index is 1.73.